The van der Waals surface area contributed by atoms with Gasteiger partial charge in [-0.2, -0.15) is 0 Å². The fourth-order valence-corrected chi connectivity index (χ4v) is 2.29. The number of carbonyl (C=O) groups is 2. The summed E-state index contributed by atoms with van der Waals surface area (Å²) in [6.45, 7) is 1.95. The molecule has 2 amide bonds. The maximum Gasteiger partial charge on any atom is 0.244 e. The van der Waals surface area contributed by atoms with Crippen molar-refractivity contribution in [1.82, 2.24) is 10.2 Å². The quantitative estimate of drug-likeness (QED) is 0.720. The first-order valence-corrected chi connectivity index (χ1v) is 6.52. The molecule has 0 aliphatic carbocycles. The van der Waals surface area contributed by atoms with E-state index < -0.39 is 0 Å². The van der Waals surface area contributed by atoms with E-state index in [1.54, 1.807) is 0 Å². The summed E-state index contributed by atoms with van der Waals surface area (Å²) in [6.07, 6.45) is 1.06. The van der Waals surface area contributed by atoms with Gasteiger partial charge in [-0.15, -0.1) is 0 Å². The molecule has 2 rings (SSSR count). The highest BCUT2D eigenvalue weighted by molar-refractivity contribution is 6.05. The van der Waals surface area contributed by atoms with Crippen LogP contribution in [0, 0.1) is 0 Å². The zero-order valence-corrected chi connectivity index (χ0v) is 10.8. The number of amides is 2. The largest absolute Gasteiger partial charge is 0.330 e. The Labute approximate surface area is 112 Å². The molecule has 1 aromatic rings. The van der Waals surface area contributed by atoms with Gasteiger partial charge in [0.15, 0.2) is 0 Å². The van der Waals surface area contributed by atoms with Crippen molar-refractivity contribution >= 4 is 11.8 Å². The summed E-state index contributed by atoms with van der Waals surface area (Å²) >= 11 is 0. The summed E-state index contributed by atoms with van der Waals surface area (Å²) in [5.74, 6) is -0.390. The van der Waals surface area contributed by atoms with Crippen LogP contribution in [-0.2, 0) is 16.1 Å². The summed E-state index contributed by atoms with van der Waals surface area (Å²) in [4.78, 5) is 25.1. The second-order valence-corrected chi connectivity index (χ2v) is 4.73. The molecule has 0 radical (unpaired) electrons. The van der Waals surface area contributed by atoms with Gasteiger partial charge in [0.25, 0.3) is 0 Å². The number of hydrogen-bond donors (Lipinski definition) is 2. The topological polar surface area (TPSA) is 75.4 Å². The zero-order chi connectivity index (χ0) is 13.7. The Morgan fingerprint density at radius 2 is 2.00 bits per heavy atom. The molecule has 5 heteroatoms. The summed E-state index contributed by atoms with van der Waals surface area (Å²) in [6, 6.07) is 9.57. The number of nitrogens with two attached hydrogens (primary N) is 1. The molecular weight excluding hydrogens is 242 g/mol. The van der Waals surface area contributed by atoms with Crippen molar-refractivity contribution in [3.05, 3.63) is 35.9 Å². The molecule has 0 saturated carbocycles. The van der Waals surface area contributed by atoms with Crippen LogP contribution in [0.25, 0.3) is 0 Å². The van der Waals surface area contributed by atoms with Crippen molar-refractivity contribution in [1.29, 1.82) is 0 Å². The van der Waals surface area contributed by atoms with E-state index in [1.807, 2.05) is 35.2 Å². The van der Waals surface area contributed by atoms with E-state index in [0.29, 0.717) is 13.1 Å². The Balaban J connectivity index is 2.07. The first-order valence-electron chi connectivity index (χ1n) is 6.52. The molecule has 19 heavy (non-hydrogen) atoms. The van der Waals surface area contributed by atoms with Crippen molar-refractivity contribution in [3.8, 4) is 0 Å². The third-order valence-electron chi connectivity index (χ3n) is 3.26. The number of imide groups is 1. The van der Waals surface area contributed by atoms with Gasteiger partial charge in [-0.3, -0.25) is 19.8 Å². The van der Waals surface area contributed by atoms with Gasteiger partial charge in [0.05, 0.1) is 12.5 Å². The Kier molecular flexibility index (Phi) is 4.65. The van der Waals surface area contributed by atoms with Gasteiger partial charge >= 0.3 is 0 Å². The molecule has 0 spiro atoms. The average molecular weight is 261 g/mol. The van der Waals surface area contributed by atoms with E-state index >= 15 is 0 Å². The molecule has 3 N–H and O–H groups in total. The van der Waals surface area contributed by atoms with Gasteiger partial charge in [0, 0.05) is 13.1 Å². The number of benzene rings is 1. The second kappa shape index (κ2) is 6.45. The van der Waals surface area contributed by atoms with E-state index in [-0.39, 0.29) is 24.3 Å². The normalized spacial score (nSPS) is 18.9. The van der Waals surface area contributed by atoms with Crippen LogP contribution in [0.5, 0.6) is 0 Å². The van der Waals surface area contributed by atoms with Crippen LogP contribution < -0.4 is 11.1 Å². The van der Waals surface area contributed by atoms with Gasteiger partial charge < -0.3 is 5.73 Å². The molecule has 102 valence electrons. The molecule has 1 atom stereocenters. The van der Waals surface area contributed by atoms with E-state index in [2.05, 4.69) is 5.32 Å². The number of nitrogens with zero attached hydrogens (tertiary/aromatic N) is 1. The third kappa shape index (κ3) is 3.62. The minimum atomic E-state index is -0.362. The van der Waals surface area contributed by atoms with Crippen LogP contribution in [-0.4, -0.2) is 35.8 Å². The summed E-state index contributed by atoms with van der Waals surface area (Å²) in [5, 5.41) is 2.36. The highest BCUT2D eigenvalue weighted by Gasteiger charge is 2.34. The summed E-state index contributed by atoms with van der Waals surface area (Å²) in [5.41, 5.74) is 6.67. The summed E-state index contributed by atoms with van der Waals surface area (Å²) < 4.78 is 0. The fourth-order valence-electron chi connectivity index (χ4n) is 2.29. The van der Waals surface area contributed by atoms with Crippen molar-refractivity contribution in [2.45, 2.75) is 25.4 Å². The minimum Gasteiger partial charge on any atom is -0.330 e. The fraction of sp³-hybridized carbons (Fsp3) is 0.429. The van der Waals surface area contributed by atoms with E-state index in [4.69, 9.17) is 5.73 Å². The van der Waals surface area contributed by atoms with E-state index in [1.165, 1.54) is 0 Å². The molecule has 1 heterocycles. The van der Waals surface area contributed by atoms with Crippen LogP contribution in [0.3, 0.4) is 0 Å². The molecule has 0 bridgehead atoms. The number of nitrogens with one attached hydrogen (secondary N) is 1. The Bertz CT molecular complexity index is 447. The molecule has 0 aromatic heterocycles. The standard InChI is InChI=1S/C14H19N3O2/c15-7-4-8-17(10-11-5-2-1-3-6-11)12-9-13(18)16-14(12)19/h1-3,5-6,12H,4,7-10,15H2,(H,16,18,19). The molecule has 1 saturated heterocycles. The van der Waals surface area contributed by atoms with Crippen LogP contribution in [0.4, 0.5) is 0 Å². The SMILES string of the molecule is NCCCN(Cc1ccccc1)C1CC(=O)NC1=O. The highest BCUT2D eigenvalue weighted by Crippen LogP contribution is 2.15. The predicted molar refractivity (Wildman–Crippen MR) is 72.1 cm³/mol. The summed E-state index contributed by atoms with van der Waals surface area (Å²) in [7, 11) is 0. The van der Waals surface area contributed by atoms with Crippen LogP contribution in [0.1, 0.15) is 18.4 Å². The van der Waals surface area contributed by atoms with Crippen molar-refractivity contribution < 1.29 is 9.59 Å². The molecular formula is C14H19N3O2. The minimum absolute atomic E-state index is 0.194. The van der Waals surface area contributed by atoms with Crippen LogP contribution in [0.15, 0.2) is 30.3 Å². The lowest BCUT2D eigenvalue weighted by atomic mass is 10.1. The van der Waals surface area contributed by atoms with Gasteiger partial charge in [-0.1, -0.05) is 30.3 Å². The molecule has 1 unspecified atom stereocenters. The van der Waals surface area contributed by atoms with Gasteiger partial charge in [0.1, 0.15) is 0 Å². The average Bonchev–Trinajstić information content (AvgIpc) is 2.75. The monoisotopic (exact) mass is 261 g/mol. The van der Waals surface area contributed by atoms with Gasteiger partial charge in [-0.25, -0.2) is 0 Å². The van der Waals surface area contributed by atoms with Crippen LogP contribution >= 0.6 is 0 Å². The van der Waals surface area contributed by atoms with Gasteiger partial charge in [0.2, 0.25) is 11.8 Å². The maximum atomic E-state index is 11.8. The number of rotatable bonds is 6. The van der Waals surface area contributed by atoms with Gasteiger partial charge in [-0.05, 0) is 18.5 Å². The number of carbonyl (C=O) groups excluding carboxylic acids is 2. The zero-order valence-electron chi connectivity index (χ0n) is 10.8. The lowest BCUT2D eigenvalue weighted by Gasteiger charge is -2.26. The Morgan fingerprint density at radius 3 is 2.58 bits per heavy atom. The molecule has 1 aromatic carbocycles. The molecule has 5 nitrogen and oxygen atoms in total. The van der Waals surface area contributed by atoms with Crippen molar-refractivity contribution in [2.75, 3.05) is 13.1 Å². The maximum absolute atomic E-state index is 11.8. The smallest absolute Gasteiger partial charge is 0.244 e. The highest BCUT2D eigenvalue weighted by atomic mass is 16.2. The Morgan fingerprint density at radius 1 is 1.26 bits per heavy atom. The Hall–Kier alpha value is -1.72. The number of hydrogen-bond acceptors (Lipinski definition) is 4. The first kappa shape index (κ1) is 13.7. The van der Waals surface area contributed by atoms with Crippen molar-refractivity contribution in [3.63, 3.8) is 0 Å². The molecule has 1 aliphatic rings. The molecule has 1 fully saturated rings. The van der Waals surface area contributed by atoms with Crippen LogP contribution in [0.2, 0.25) is 0 Å². The van der Waals surface area contributed by atoms with E-state index in [9.17, 15) is 9.59 Å². The lowest BCUT2D eigenvalue weighted by molar-refractivity contribution is -0.126. The lowest BCUT2D eigenvalue weighted by Crippen LogP contribution is -2.41. The molecule has 1 aliphatic heterocycles. The predicted octanol–water partition coefficient (Wildman–Crippen LogP) is 0.252. The van der Waals surface area contributed by atoms with Crippen molar-refractivity contribution in [2.24, 2.45) is 5.73 Å². The van der Waals surface area contributed by atoms with E-state index in [0.717, 1.165) is 18.5 Å². The second-order valence-electron chi connectivity index (χ2n) is 4.73. The first-order chi connectivity index (χ1) is 9.20. The third-order valence-corrected chi connectivity index (χ3v) is 3.26.